The molecule has 0 unspecified atom stereocenters. The summed E-state index contributed by atoms with van der Waals surface area (Å²) in [6.45, 7) is 1.03. The molecule has 0 amide bonds. The van der Waals surface area contributed by atoms with E-state index in [1.165, 1.54) is 0 Å². The molecule has 2 saturated carbocycles. The van der Waals surface area contributed by atoms with Crippen LogP contribution < -0.4 is 0 Å². The molecule has 2 aliphatic heterocycles. The van der Waals surface area contributed by atoms with Gasteiger partial charge in [0.05, 0.1) is 45.2 Å². The molecule has 11 atom stereocenters. The molecular formula is C60H64O12. The average molecular weight is 977 g/mol. The summed E-state index contributed by atoms with van der Waals surface area (Å²) in [5.74, 6) is -1.56. The summed E-state index contributed by atoms with van der Waals surface area (Å²) in [6.07, 6.45) is -6.66. The number of aliphatic hydroxyl groups excluding tert-OH is 1. The fraction of sp³-hybridized carbons (Fsp3) is 0.383. The van der Waals surface area contributed by atoms with Crippen molar-refractivity contribution in [2.24, 2.45) is 0 Å². The van der Waals surface area contributed by atoms with E-state index in [4.69, 9.17) is 47.4 Å². The van der Waals surface area contributed by atoms with Crippen molar-refractivity contribution in [3.63, 3.8) is 0 Å². The second kappa shape index (κ2) is 24.4. The first-order valence-corrected chi connectivity index (χ1v) is 25.3. The second-order valence-electron chi connectivity index (χ2n) is 19.1. The first-order valence-electron chi connectivity index (χ1n) is 25.3. The Morgan fingerprint density at radius 1 is 0.472 bits per heavy atom. The Hall–Kier alpha value is -5.61. The molecule has 6 aromatic carbocycles. The van der Waals surface area contributed by atoms with E-state index < -0.39 is 79.1 Å². The Kier molecular flexibility index (Phi) is 16.9. The van der Waals surface area contributed by atoms with Crippen molar-refractivity contribution >= 4 is 5.97 Å². The zero-order chi connectivity index (χ0) is 49.0. The normalized spacial score (nSPS) is 27.8. The summed E-state index contributed by atoms with van der Waals surface area (Å²) in [5.41, 5.74) is 5.00. The molecule has 12 nitrogen and oxygen atoms in total. The number of aliphatic hydroxyl groups is 1. The van der Waals surface area contributed by atoms with E-state index >= 15 is 0 Å². The van der Waals surface area contributed by atoms with Crippen LogP contribution in [0.1, 0.15) is 70.3 Å². The van der Waals surface area contributed by atoms with E-state index in [-0.39, 0.29) is 39.6 Å². The zero-order valence-corrected chi connectivity index (χ0v) is 40.4. The molecule has 4 fully saturated rings. The standard InChI is InChI=1S/C60H64O12/c61-49-48(41-63-36-42-22-8-1-9-23-42)68-59(57(69-58(62)47-32-18-6-19-33-47)50(49)64-37-43-24-10-2-11-25-43)70-54-52(66-39-45-28-14-4-15-29-45)51(65-38-44-26-12-3-13-27-44)53(67-40-46-30-16-5-17-31-46)55-56(54)72-60(71-55)34-20-7-21-35-60/h1-6,8-19,22-33,48-57,59,61H,7,20-21,34-41H2/t48-,49-,50+,51+,52+,53-,54-,55-,56+,57+,59+/m1/s1. The lowest BCUT2D eigenvalue weighted by molar-refractivity contribution is -0.345. The molecule has 0 bridgehead atoms. The van der Waals surface area contributed by atoms with Crippen LogP contribution in [0.4, 0.5) is 0 Å². The maximum atomic E-state index is 14.3. The number of fused-ring (bicyclic) bond motifs is 1. The first-order chi connectivity index (χ1) is 35.5. The van der Waals surface area contributed by atoms with E-state index in [9.17, 15) is 9.90 Å². The molecule has 1 spiro atoms. The highest BCUT2D eigenvalue weighted by Crippen LogP contribution is 2.48. The Bertz CT molecular complexity index is 2530. The fourth-order valence-corrected chi connectivity index (χ4v) is 10.3. The van der Waals surface area contributed by atoms with Crippen molar-refractivity contribution in [1.82, 2.24) is 0 Å². The minimum Gasteiger partial charge on any atom is -0.450 e. The lowest BCUT2D eigenvalue weighted by Gasteiger charge is -2.49. The van der Waals surface area contributed by atoms with Crippen LogP contribution in [0.3, 0.4) is 0 Å². The van der Waals surface area contributed by atoms with Gasteiger partial charge < -0.3 is 52.5 Å². The van der Waals surface area contributed by atoms with E-state index in [0.29, 0.717) is 18.4 Å². The Morgan fingerprint density at radius 3 is 1.36 bits per heavy atom. The number of ether oxygens (including phenoxy) is 10. The molecule has 2 saturated heterocycles. The molecule has 1 N–H and O–H groups in total. The molecule has 6 aromatic rings. The number of hydrogen-bond donors (Lipinski definition) is 1. The molecule has 0 radical (unpaired) electrons. The van der Waals surface area contributed by atoms with E-state index in [0.717, 1.165) is 47.1 Å². The molecule has 72 heavy (non-hydrogen) atoms. The lowest BCUT2D eigenvalue weighted by atomic mass is 9.83. The average Bonchev–Trinajstić information content (AvgIpc) is 3.80. The summed E-state index contributed by atoms with van der Waals surface area (Å²) in [6, 6.07) is 58.1. The van der Waals surface area contributed by atoms with Crippen molar-refractivity contribution < 1.29 is 57.3 Å². The highest BCUT2D eigenvalue weighted by Gasteiger charge is 2.64. The van der Waals surface area contributed by atoms with Crippen LogP contribution in [0, 0.1) is 0 Å². The van der Waals surface area contributed by atoms with Crippen molar-refractivity contribution in [3.8, 4) is 0 Å². The number of carbonyl (C=O) groups excluding carboxylic acids is 1. The van der Waals surface area contributed by atoms with E-state index in [2.05, 4.69) is 0 Å². The van der Waals surface area contributed by atoms with Crippen molar-refractivity contribution in [2.45, 2.75) is 138 Å². The lowest BCUT2D eigenvalue weighted by Crippen LogP contribution is -2.68. The monoisotopic (exact) mass is 976 g/mol. The van der Waals surface area contributed by atoms with Gasteiger partial charge in [0.2, 0.25) is 0 Å². The summed E-state index contributed by atoms with van der Waals surface area (Å²) >= 11 is 0. The van der Waals surface area contributed by atoms with Gasteiger partial charge in [-0.15, -0.1) is 0 Å². The van der Waals surface area contributed by atoms with Crippen LogP contribution in [0.15, 0.2) is 182 Å². The fourth-order valence-electron chi connectivity index (χ4n) is 10.3. The van der Waals surface area contributed by atoms with Gasteiger partial charge in [-0.3, -0.25) is 0 Å². The molecule has 0 aromatic heterocycles. The molecule has 376 valence electrons. The van der Waals surface area contributed by atoms with Crippen LogP contribution >= 0.6 is 0 Å². The highest BCUT2D eigenvalue weighted by molar-refractivity contribution is 5.89. The van der Waals surface area contributed by atoms with Gasteiger partial charge in [-0.1, -0.05) is 176 Å². The maximum absolute atomic E-state index is 14.3. The van der Waals surface area contributed by atoms with Gasteiger partial charge in [-0.25, -0.2) is 4.79 Å². The summed E-state index contributed by atoms with van der Waals surface area (Å²) in [4.78, 5) is 14.3. The van der Waals surface area contributed by atoms with E-state index in [1.807, 2.05) is 158 Å². The van der Waals surface area contributed by atoms with Crippen molar-refractivity contribution in [3.05, 3.63) is 215 Å². The summed E-state index contributed by atoms with van der Waals surface area (Å²) < 4.78 is 69.5. The molecular weight excluding hydrogens is 913 g/mol. The summed E-state index contributed by atoms with van der Waals surface area (Å²) in [5, 5.41) is 12.4. The van der Waals surface area contributed by atoms with Crippen LogP contribution in [0.25, 0.3) is 0 Å². The predicted molar refractivity (Wildman–Crippen MR) is 267 cm³/mol. The predicted octanol–water partition coefficient (Wildman–Crippen LogP) is 9.70. The molecule has 10 rings (SSSR count). The van der Waals surface area contributed by atoms with Crippen LogP contribution in [0.2, 0.25) is 0 Å². The van der Waals surface area contributed by atoms with E-state index in [1.54, 1.807) is 24.3 Å². The Labute approximate surface area is 422 Å². The molecule has 4 aliphatic rings. The van der Waals surface area contributed by atoms with Crippen LogP contribution in [-0.4, -0.2) is 90.8 Å². The zero-order valence-electron chi connectivity index (χ0n) is 40.4. The number of esters is 1. The number of carbonyl (C=O) groups is 1. The maximum Gasteiger partial charge on any atom is 0.338 e. The number of hydrogen-bond acceptors (Lipinski definition) is 12. The molecule has 2 heterocycles. The van der Waals surface area contributed by atoms with Gasteiger partial charge in [0.15, 0.2) is 18.2 Å². The van der Waals surface area contributed by atoms with Gasteiger partial charge in [0.25, 0.3) is 0 Å². The highest BCUT2D eigenvalue weighted by atomic mass is 16.8. The van der Waals surface area contributed by atoms with Gasteiger partial charge in [-0.05, 0) is 52.8 Å². The Morgan fingerprint density at radius 2 is 0.875 bits per heavy atom. The third-order valence-corrected chi connectivity index (χ3v) is 14.0. The number of benzene rings is 6. The second-order valence-corrected chi connectivity index (χ2v) is 19.1. The third kappa shape index (κ3) is 12.4. The topological polar surface area (TPSA) is 130 Å². The smallest absolute Gasteiger partial charge is 0.338 e. The van der Waals surface area contributed by atoms with Crippen LogP contribution in [-0.2, 0) is 80.4 Å². The largest absolute Gasteiger partial charge is 0.450 e. The SMILES string of the molecule is O=C(O[C@@H]1[C@H](O[C@@H]2[C@@H](OCc3ccccc3)[C@H](OCc3ccccc3)[C@@H](OCc3ccccc3)[C@H]3OC4(CCCCC4)O[C@@H]23)O[C@H](COCc2ccccc2)[C@@H](O)[C@@H]1OCc1ccccc1)c1ccccc1. The number of rotatable bonds is 20. The van der Waals surface area contributed by atoms with Gasteiger partial charge in [0, 0.05) is 12.8 Å². The Balaban J connectivity index is 1.05. The van der Waals surface area contributed by atoms with Gasteiger partial charge in [0.1, 0.15) is 54.9 Å². The van der Waals surface area contributed by atoms with Crippen molar-refractivity contribution in [1.29, 1.82) is 0 Å². The quantitative estimate of drug-likeness (QED) is 0.0732. The van der Waals surface area contributed by atoms with Gasteiger partial charge in [-0.2, -0.15) is 0 Å². The third-order valence-electron chi connectivity index (χ3n) is 14.0. The minimum atomic E-state index is -1.36. The van der Waals surface area contributed by atoms with Crippen LogP contribution in [0.5, 0.6) is 0 Å². The van der Waals surface area contributed by atoms with Crippen molar-refractivity contribution in [2.75, 3.05) is 6.61 Å². The summed E-state index contributed by atoms with van der Waals surface area (Å²) in [7, 11) is 0. The molecule has 12 heteroatoms. The minimum absolute atomic E-state index is 0.0357. The first kappa shape index (κ1) is 49.9. The van der Waals surface area contributed by atoms with Gasteiger partial charge >= 0.3 is 5.97 Å². The molecule has 2 aliphatic carbocycles.